The Labute approximate surface area is 151 Å². The molecular formula is C16H24F3N5S. The van der Waals surface area contributed by atoms with Gasteiger partial charge in [-0.25, -0.2) is 4.98 Å². The monoisotopic (exact) mass is 375 g/mol. The maximum absolute atomic E-state index is 13.2. The summed E-state index contributed by atoms with van der Waals surface area (Å²) in [6.07, 6.45) is -2.67. The van der Waals surface area contributed by atoms with Gasteiger partial charge in [0.25, 0.3) is 0 Å². The molecule has 0 radical (unpaired) electrons. The number of nitrogens with zero attached hydrogens (tertiary/aromatic N) is 3. The first-order valence-electron chi connectivity index (χ1n) is 8.41. The molecule has 0 aromatic carbocycles. The molecule has 1 aromatic heterocycles. The number of halogens is 3. The van der Waals surface area contributed by atoms with Gasteiger partial charge in [-0.1, -0.05) is 20.8 Å². The lowest BCUT2D eigenvalue weighted by atomic mass is 9.99. The fraction of sp³-hybridized carbons (Fsp3) is 0.688. The van der Waals surface area contributed by atoms with Crippen LogP contribution in [0.1, 0.15) is 39.3 Å². The third-order valence-electron chi connectivity index (χ3n) is 4.01. The highest BCUT2D eigenvalue weighted by atomic mass is 32.1. The maximum atomic E-state index is 13.2. The lowest BCUT2D eigenvalue weighted by Gasteiger charge is -2.31. The quantitative estimate of drug-likeness (QED) is 0.783. The molecule has 0 spiro atoms. The van der Waals surface area contributed by atoms with Crippen LogP contribution in [0.25, 0.3) is 0 Å². The third-order valence-corrected chi connectivity index (χ3v) is 4.25. The van der Waals surface area contributed by atoms with E-state index < -0.39 is 11.9 Å². The summed E-state index contributed by atoms with van der Waals surface area (Å²) in [6, 6.07) is 1.01. The fourth-order valence-corrected chi connectivity index (χ4v) is 2.65. The van der Waals surface area contributed by atoms with Crippen molar-refractivity contribution in [2.45, 2.75) is 39.8 Å². The van der Waals surface area contributed by atoms with E-state index in [4.69, 9.17) is 12.2 Å². The molecule has 2 N–H and O–H groups in total. The van der Waals surface area contributed by atoms with E-state index >= 15 is 0 Å². The third kappa shape index (κ3) is 5.98. The van der Waals surface area contributed by atoms with Gasteiger partial charge in [0.15, 0.2) is 10.8 Å². The second-order valence-corrected chi connectivity index (χ2v) is 7.24. The average Bonchev–Trinajstić information content (AvgIpc) is 2.52. The zero-order valence-corrected chi connectivity index (χ0v) is 15.5. The van der Waals surface area contributed by atoms with Crippen molar-refractivity contribution in [3.63, 3.8) is 0 Å². The van der Waals surface area contributed by atoms with E-state index in [9.17, 15) is 13.2 Å². The number of anilines is 2. The number of piperidine rings is 1. The predicted molar refractivity (Wildman–Crippen MR) is 96.7 cm³/mol. The second kappa shape index (κ2) is 8.16. The number of alkyl halides is 3. The van der Waals surface area contributed by atoms with Gasteiger partial charge < -0.3 is 15.5 Å². The van der Waals surface area contributed by atoms with Crippen molar-refractivity contribution < 1.29 is 13.2 Å². The molecule has 0 unspecified atom stereocenters. The molecule has 1 aromatic rings. The topological polar surface area (TPSA) is 53.1 Å². The summed E-state index contributed by atoms with van der Waals surface area (Å²) in [6.45, 7) is 8.14. The first kappa shape index (κ1) is 19.7. The van der Waals surface area contributed by atoms with Crippen molar-refractivity contribution in [2.24, 2.45) is 11.8 Å². The largest absolute Gasteiger partial charge is 0.433 e. The van der Waals surface area contributed by atoms with Gasteiger partial charge >= 0.3 is 6.18 Å². The minimum Gasteiger partial charge on any atom is -0.362 e. The normalized spacial score (nSPS) is 16.2. The number of nitrogens with one attached hydrogen (secondary N) is 2. The molecule has 5 nitrogen and oxygen atoms in total. The maximum Gasteiger partial charge on any atom is 0.433 e. The minimum atomic E-state index is -4.54. The van der Waals surface area contributed by atoms with Crippen LogP contribution in [0.3, 0.4) is 0 Å². The molecule has 140 valence electrons. The van der Waals surface area contributed by atoms with E-state index in [1.807, 2.05) is 18.7 Å². The van der Waals surface area contributed by atoms with Crippen molar-refractivity contribution in [3.8, 4) is 0 Å². The molecule has 25 heavy (non-hydrogen) atoms. The summed E-state index contributed by atoms with van der Waals surface area (Å²) in [4.78, 5) is 9.69. The van der Waals surface area contributed by atoms with Crippen molar-refractivity contribution in [1.82, 2.24) is 15.3 Å². The van der Waals surface area contributed by atoms with E-state index in [-0.39, 0.29) is 16.9 Å². The van der Waals surface area contributed by atoms with Crippen LogP contribution in [0.5, 0.6) is 0 Å². The Kier molecular flexibility index (Phi) is 6.42. The first-order valence-corrected chi connectivity index (χ1v) is 8.82. The molecule has 1 saturated heterocycles. The van der Waals surface area contributed by atoms with Crippen LogP contribution < -0.4 is 15.5 Å². The van der Waals surface area contributed by atoms with Gasteiger partial charge in [-0.2, -0.15) is 18.2 Å². The molecule has 0 aliphatic carbocycles. The van der Waals surface area contributed by atoms with Crippen LogP contribution in [0.4, 0.5) is 24.9 Å². The molecular weight excluding hydrogens is 351 g/mol. The number of thiocarbonyl (C=S) groups is 1. The second-order valence-electron chi connectivity index (χ2n) is 6.83. The molecule has 0 bridgehead atoms. The lowest BCUT2D eigenvalue weighted by Crippen LogP contribution is -2.35. The highest BCUT2D eigenvalue weighted by molar-refractivity contribution is 7.80. The molecule has 9 heteroatoms. The molecule has 1 aliphatic rings. The molecule has 2 heterocycles. The summed E-state index contributed by atoms with van der Waals surface area (Å²) in [5.41, 5.74) is -0.967. The van der Waals surface area contributed by atoms with Gasteiger partial charge in [0.05, 0.1) is 0 Å². The van der Waals surface area contributed by atoms with E-state index in [0.717, 1.165) is 18.9 Å². The molecule has 0 atom stereocenters. The van der Waals surface area contributed by atoms with Crippen molar-refractivity contribution in [2.75, 3.05) is 29.9 Å². The van der Waals surface area contributed by atoms with Gasteiger partial charge in [0.1, 0.15) is 5.82 Å². The number of hydrogen-bond acceptors (Lipinski definition) is 4. The SMILES string of the molecule is CC(C)CNC(=S)Nc1nc(N2CCC(C)CC2)cc(C(F)(F)F)n1. The summed E-state index contributed by atoms with van der Waals surface area (Å²) < 4.78 is 39.6. The number of hydrogen-bond donors (Lipinski definition) is 2. The van der Waals surface area contributed by atoms with Crippen molar-refractivity contribution in [3.05, 3.63) is 11.8 Å². The zero-order chi connectivity index (χ0) is 18.6. The summed E-state index contributed by atoms with van der Waals surface area (Å²) in [5.74, 6) is 1.08. The van der Waals surface area contributed by atoms with E-state index in [1.54, 1.807) is 0 Å². The Morgan fingerprint density at radius 1 is 1.32 bits per heavy atom. The Hall–Kier alpha value is -1.64. The molecule has 0 saturated carbocycles. The van der Waals surface area contributed by atoms with Crippen LogP contribution in [-0.2, 0) is 6.18 Å². The standard InChI is InChI=1S/C16H24F3N5S/c1-10(2)9-20-15(25)23-14-21-12(16(17,18)19)8-13(22-14)24-6-4-11(3)5-7-24/h8,10-11H,4-7,9H2,1-3H3,(H2,20,21,22,23,25). The number of aromatic nitrogens is 2. The van der Waals surface area contributed by atoms with Crippen LogP contribution in [0.15, 0.2) is 6.07 Å². The molecule has 2 rings (SSSR count). The highest BCUT2D eigenvalue weighted by Gasteiger charge is 2.34. The number of rotatable bonds is 4. The van der Waals surface area contributed by atoms with Crippen LogP contribution in [0.2, 0.25) is 0 Å². The van der Waals surface area contributed by atoms with Crippen LogP contribution >= 0.6 is 12.2 Å². The van der Waals surface area contributed by atoms with Crippen LogP contribution in [0, 0.1) is 11.8 Å². The Morgan fingerprint density at radius 2 is 1.96 bits per heavy atom. The minimum absolute atomic E-state index is 0.135. The molecule has 0 amide bonds. The zero-order valence-electron chi connectivity index (χ0n) is 14.7. The Bertz CT molecular complexity index is 598. The lowest BCUT2D eigenvalue weighted by molar-refractivity contribution is -0.141. The van der Waals surface area contributed by atoms with Gasteiger partial charge in [-0.05, 0) is 36.9 Å². The molecule has 1 aliphatic heterocycles. The summed E-state index contributed by atoms with van der Waals surface area (Å²) >= 11 is 5.11. The fourth-order valence-electron chi connectivity index (χ4n) is 2.48. The van der Waals surface area contributed by atoms with E-state index in [2.05, 4.69) is 27.5 Å². The van der Waals surface area contributed by atoms with E-state index in [0.29, 0.717) is 31.5 Å². The Morgan fingerprint density at radius 3 is 2.52 bits per heavy atom. The Balaban J connectivity index is 2.20. The van der Waals surface area contributed by atoms with Gasteiger partial charge in [0.2, 0.25) is 5.95 Å². The summed E-state index contributed by atoms with van der Waals surface area (Å²) in [7, 11) is 0. The summed E-state index contributed by atoms with van der Waals surface area (Å²) in [5, 5.41) is 5.82. The van der Waals surface area contributed by atoms with Crippen LogP contribution in [-0.4, -0.2) is 34.7 Å². The van der Waals surface area contributed by atoms with Gasteiger partial charge in [0, 0.05) is 25.7 Å². The van der Waals surface area contributed by atoms with Crippen molar-refractivity contribution >= 4 is 29.1 Å². The molecule has 1 fully saturated rings. The van der Waals surface area contributed by atoms with Gasteiger partial charge in [-0.3, -0.25) is 0 Å². The smallest absolute Gasteiger partial charge is 0.362 e. The average molecular weight is 375 g/mol. The van der Waals surface area contributed by atoms with Crippen molar-refractivity contribution in [1.29, 1.82) is 0 Å². The van der Waals surface area contributed by atoms with E-state index in [1.165, 1.54) is 0 Å². The van der Waals surface area contributed by atoms with Gasteiger partial charge in [-0.15, -0.1) is 0 Å². The first-order chi connectivity index (χ1) is 11.6. The predicted octanol–water partition coefficient (Wildman–Crippen LogP) is 3.67. The highest BCUT2D eigenvalue weighted by Crippen LogP contribution is 2.31.